The van der Waals surface area contributed by atoms with E-state index in [9.17, 15) is 33.6 Å². The number of nitrogens with one attached hydrogen (secondary N) is 3. The molecule has 17 nitrogen and oxygen atoms in total. The highest BCUT2D eigenvalue weighted by Crippen LogP contribution is 2.20. The number of carbonyl (C=O) groups is 7. The van der Waals surface area contributed by atoms with Gasteiger partial charge < -0.3 is 35.8 Å². The molecule has 3 rings (SSSR count). The van der Waals surface area contributed by atoms with E-state index in [-0.39, 0.29) is 19.7 Å². The number of hydrogen-bond donors (Lipinski definition) is 4. The predicted molar refractivity (Wildman–Crippen MR) is 157 cm³/mol. The summed E-state index contributed by atoms with van der Waals surface area (Å²) >= 11 is 0. The lowest BCUT2D eigenvalue weighted by Crippen LogP contribution is -2.55. The zero-order valence-corrected chi connectivity index (χ0v) is 25.3. The number of primary amides is 1. The number of ether oxygens (including phenoxy) is 1. The molecule has 1 saturated heterocycles. The van der Waals surface area contributed by atoms with Gasteiger partial charge in [0.15, 0.2) is 0 Å². The number of hydrogen-bond acceptors (Lipinski definition) is 11. The summed E-state index contributed by atoms with van der Waals surface area (Å²) in [6.07, 6.45) is 1.72. The van der Waals surface area contributed by atoms with Crippen molar-refractivity contribution in [1.82, 2.24) is 30.6 Å². The molecule has 1 aromatic rings. The molecule has 0 aromatic heterocycles. The van der Waals surface area contributed by atoms with E-state index in [1.165, 1.54) is 9.80 Å². The first-order chi connectivity index (χ1) is 21.3. The first-order valence-electron chi connectivity index (χ1n) is 14.1. The van der Waals surface area contributed by atoms with Crippen molar-refractivity contribution >= 4 is 47.2 Å². The van der Waals surface area contributed by atoms with Gasteiger partial charge in [-0.25, -0.2) is 4.79 Å². The average Bonchev–Trinajstić information content (AvgIpc) is 3.62. The van der Waals surface area contributed by atoms with E-state index in [0.29, 0.717) is 42.2 Å². The zero-order valence-electron chi connectivity index (χ0n) is 25.3. The highest BCUT2D eigenvalue weighted by Gasteiger charge is 2.38. The van der Waals surface area contributed by atoms with Crippen LogP contribution in [0, 0.1) is 0 Å². The monoisotopic (exact) mass is 630 g/mol. The number of nitrogens with zero attached hydrogens (tertiary/aromatic N) is 4. The van der Waals surface area contributed by atoms with Crippen LogP contribution in [0.3, 0.4) is 0 Å². The number of benzene rings is 1. The van der Waals surface area contributed by atoms with Gasteiger partial charge in [-0.05, 0) is 44.6 Å². The van der Waals surface area contributed by atoms with Gasteiger partial charge in [0, 0.05) is 44.5 Å². The predicted octanol–water partition coefficient (Wildman–Crippen LogP) is -1.53. The lowest BCUT2D eigenvalue weighted by molar-refractivity contribution is -0.213. The minimum Gasteiger partial charge on any atom is -0.445 e. The molecule has 1 fully saturated rings. The first-order valence-corrected chi connectivity index (χ1v) is 14.1. The Balaban J connectivity index is 1.47. The number of amides is 7. The molecule has 2 atom stereocenters. The van der Waals surface area contributed by atoms with E-state index < -0.39 is 60.0 Å². The number of hydroxylamine groups is 3. The standard InChI is InChI=1S/C28H38N8O9/c1-33(2)13-14-34(3)28(43)44-17-18-6-8-19(9-7-18)31-23(38)16-30-26(41)21-5-4-12-35(21)27(42)20(15-22(29)37)32-45-36-24(39)10-11-25(36)40/h6-11,20-21,32H,4-5,12-17H2,1-3H3,(H2,29,37)(H,30,41)(H,31,38). The molecule has 1 aromatic carbocycles. The fourth-order valence-electron chi connectivity index (χ4n) is 4.35. The summed E-state index contributed by atoms with van der Waals surface area (Å²) in [5, 5.41) is 5.53. The SMILES string of the molecule is CN(C)CCN(C)C(=O)OCc1ccc(NC(=O)CNC(=O)C2CCCN2C(=O)C(CC(N)=O)NON2C(=O)C=CC2=O)cc1. The molecule has 0 saturated carbocycles. The quantitative estimate of drug-likeness (QED) is 0.129. The zero-order chi connectivity index (χ0) is 33.1. The first kappa shape index (κ1) is 34.6. The van der Waals surface area contributed by atoms with Crippen molar-refractivity contribution in [2.24, 2.45) is 5.73 Å². The molecule has 244 valence electrons. The van der Waals surface area contributed by atoms with E-state index in [1.54, 1.807) is 31.3 Å². The largest absolute Gasteiger partial charge is 0.445 e. The van der Waals surface area contributed by atoms with Crippen molar-refractivity contribution in [2.75, 3.05) is 52.6 Å². The molecule has 0 spiro atoms. The van der Waals surface area contributed by atoms with Gasteiger partial charge in [0.2, 0.25) is 23.6 Å². The van der Waals surface area contributed by atoms with Crippen LogP contribution in [0.15, 0.2) is 36.4 Å². The van der Waals surface area contributed by atoms with Crippen LogP contribution in [-0.2, 0) is 45.0 Å². The Morgan fingerprint density at radius 3 is 2.31 bits per heavy atom. The summed E-state index contributed by atoms with van der Waals surface area (Å²) in [6.45, 7) is 1.08. The number of likely N-dealkylation sites (N-methyl/N-ethyl adjacent to an activating group) is 2. The Hall–Kier alpha value is -4.87. The fraction of sp³-hybridized carbons (Fsp3) is 0.464. The van der Waals surface area contributed by atoms with E-state index in [4.69, 9.17) is 15.4 Å². The van der Waals surface area contributed by atoms with Crippen molar-refractivity contribution in [3.05, 3.63) is 42.0 Å². The van der Waals surface area contributed by atoms with Gasteiger partial charge in [0.1, 0.15) is 18.7 Å². The smallest absolute Gasteiger partial charge is 0.409 e. The van der Waals surface area contributed by atoms with E-state index in [0.717, 1.165) is 12.2 Å². The van der Waals surface area contributed by atoms with Gasteiger partial charge in [-0.1, -0.05) is 12.1 Å². The van der Waals surface area contributed by atoms with Gasteiger partial charge >= 0.3 is 6.09 Å². The van der Waals surface area contributed by atoms with Gasteiger partial charge in [0.25, 0.3) is 11.8 Å². The Bertz CT molecular complexity index is 1300. The number of anilines is 1. The molecule has 5 N–H and O–H groups in total. The van der Waals surface area contributed by atoms with Crippen molar-refractivity contribution in [3.63, 3.8) is 0 Å². The van der Waals surface area contributed by atoms with Gasteiger partial charge in [0.05, 0.1) is 13.0 Å². The summed E-state index contributed by atoms with van der Waals surface area (Å²) < 4.78 is 5.30. The molecule has 2 heterocycles. The highest BCUT2D eigenvalue weighted by molar-refractivity contribution is 6.11. The van der Waals surface area contributed by atoms with Gasteiger partial charge in [-0.2, -0.15) is 10.4 Å². The van der Waals surface area contributed by atoms with Crippen LogP contribution in [0.4, 0.5) is 10.5 Å². The molecular weight excluding hydrogens is 592 g/mol. The summed E-state index contributed by atoms with van der Waals surface area (Å²) in [6, 6.07) is 4.30. The number of nitrogens with two attached hydrogens (primary N) is 1. The van der Waals surface area contributed by atoms with Crippen LogP contribution in [0.1, 0.15) is 24.8 Å². The second-order valence-corrected chi connectivity index (χ2v) is 10.7. The topological polar surface area (TPSA) is 213 Å². The third-order valence-corrected chi connectivity index (χ3v) is 6.81. The number of carbonyl (C=O) groups excluding carboxylic acids is 7. The Morgan fingerprint density at radius 1 is 1.02 bits per heavy atom. The number of likely N-dealkylation sites (tertiary alicyclic amines) is 1. The van der Waals surface area contributed by atoms with Crippen LogP contribution in [0.2, 0.25) is 0 Å². The molecule has 0 radical (unpaired) electrons. The Kier molecular flexibility index (Phi) is 12.5. The molecular formula is C28H38N8O9. The molecule has 45 heavy (non-hydrogen) atoms. The van der Waals surface area contributed by atoms with Gasteiger partial charge in [-0.3, -0.25) is 28.8 Å². The highest BCUT2D eigenvalue weighted by atomic mass is 16.8. The van der Waals surface area contributed by atoms with Crippen LogP contribution < -0.4 is 21.8 Å². The number of imide groups is 1. The fourth-order valence-corrected chi connectivity index (χ4v) is 4.35. The molecule has 0 bridgehead atoms. The van der Waals surface area contributed by atoms with Crippen LogP contribution >= 0.6 is 0 Å². The maximum absolute atomic E-state index is 13.2. The average molecular weight is 631 g/mol. The second-order valence-electron chi connectivity index (χ2n) is 10.7. The van der Waals surface area contributed by atoms with Gasteiger partial charge in [-0.15, -0.1) is 5.06 Å². The molecule has 17 heteroatoms. The van der Waals surface area contributed by atoms with Crippen molar-refractivity contribution < 1.29 is 43.2 Å². The lowest BCUT2D eigenvalue weighted by Gasteiger charge is -2.28. The Morgan fingerprint density at radius 2 is 1.69 bits per heavy atom. The summed E-state index contributed by atoms with van der Waals surface area (Å²) in [7, 11) is 5.47. The molecule has 2 aliphatic rings. The van der Waals surface area contributed by atoms with E-state index in [2.05, 4.69) is 16.1 Å². The van der Waals surface area contributed by atoms with Crippen molar-refractivity contribution in [2.45, 2.75) is 38.0 Å². The minimum atomic E-state index is -1.39. The maximum Gasteiger partial charge on any atom is 0.409 e. The normalized spacial score (nSPS) is 16.6. The summed E-state index contributed by atoms with van der Waals surface area (Å²) in [4.78, 5) is 95.4. The van der Waals surface area contributed by atoms with Crippen molar-refractivity contribution in [1.29, 1.82) is 0 Å². The molecule has 2 aliphatic heterocycles. The van der Waals surface area contributed by atoms with Crippen LogP contribution in [0.5, 0.6) is 0 Å². The third kappa shape index (κ3) is 10.4. The maximum atomic E-state index is 13.2. The summed E-state index contributed by atoms with van der Waals surface area (Å²) in [5.74, 6) is -4.26. The van der Waals surface area contributed by atoms with Crippen molar-refractivity contribution in [3.8, 4) is 0 Å². The molecule has 7 amide bonds. The van der Waals surface area contributed by atoms with Crippen LogP contribution in [0.25, 0.3) is 0 Å². The van der Waals surface area contributed by atoms with E-state index >= 15 is 0 Å². The summed E-state index contributed by atoms with van der Waals surface area (Å²) in [5.41, 5.74) is 8.65. The van der Waals surface area contributed by atoms with E-state index in [1.807, 2.05) is 19.0 Å². The Labute approximate surface area is 259 Å². The number of rotatable bonds is 15. The minimum absolute atomic E-state index is 0.0552. The molecule has 0 aliphatic carbocycles. The lowest BCUT2D eigenvalue weighted by atomic mass is 10.1. The second kappa shape index (κ2) is 16.3. The van der Waals surface area contributed by atoms with Crippen LogP contribution in [-0.4, -0.2) is 121 Å². The molecule has 2 unspecified atom stereocenters. The third-order valence-electron chi connectivity index (χ3n) is 6.81.